The molecule has 2 aromatic rings. The first-order valence-electron chi connectivity index (χ1n) is 9.15. The van der Waals surface area contributed by atoms with Crippen LogP contribution in [0.15, 0.2) is 23.4 Å². The highest BCUT2D eigenvalue weighted by Gasteiger charge is 2.30. The van der Waals surface area contributed by atoms with Crippen LogP contribution in [0.2, 0.25) is 0 Å². The Hall–Kier alpha value is -2.22. The molecular weight excluding hydrogens is 364 g/mol. The van der Waals surface area contributed by atoms with E-state index in [-0.39, 0.29) is 11.2 Å². The Morgan fingerprint density at radius 1 is 1.30 bits per heavy atom. The van der Waals surface area contributed by atoms with Crippen LogP contribution >= 0.6 is 11.8 Å². The van der Waals surface area contributed by atoms with E-state index in [4.69, 9.17) is 9.47 Å². The molecule has 1 aliphatic rings. The number of thioether (sulfide) groups is 1. The van der Waals surface area contributed by atoms with E-state index < -0.39 is 0 Å². The number of benzene rings is 1. The normalized spacial score (nSPS) is 14.7. The van der Waals surface area contributed by atoms with Crippen LogP contribution in [0.3, 0.4) is 0 Å². The molecule has 3 rings (SSSR count). The largest absolute Gasteiger partial charge is 0.493 e. The summed E-state index contributed by atoms with van der Waals surface area (Å²) in [4.78, 5) is 12.5. The van der Waals surface area contributed by atoms with E-state index in [9.17, 15) is 4.79 Å². The summed E-state index contributed by atoms with van der Waals surface area (Å²) in [6, 6.07) is 5.61. The summed E-state index contributed by atoms with van der Waals surface area (Å²) >= 11 is 1.45. The monoisotopic (exact) mass is 390 g/mol. The SMILES string of the molecule is CCn1c(SC(C)C(=O)NCc2ccc(OC)c(OC)c2)nnc1C1CC1. The van der Waals surface area contributed by atoms with E-state index in [1.807, 2.05) is 25.1 Å². The van der Waals surface area contributed by atoms with Gasteiger partial charge in [-0.1, -0.05) is 17.8 Å². The number of hydrogen-bond acceptors (Lipinski definition) is 6. The second-order valence-electron chi connectivity index (χ2n) is 6.53. The minimum absolute atomic E-state index is 0.0339. The Balaban J connectivity index is 1.58. The number of carbonyl (C=O) groups excluding carboxylic acids is 1. The molecule has 1 aromatic carbocycles. The number of ether oxygens (including phenoxy) is 2. The van der Waals surface area contributed by atoms with Crippen molar-refractivity contribution in [3.05, 3.63) is 29.6 Å². The molecule has 27 heavy (non-hydrogen) atoms. The van der Waals surface area contributed by atoms with Crippen LogP contribution in [0.1, 0.15) is 44.0 Å². The first-order chi connectivity index (χ1) is 13.1. The molecular formula is C19H26N4O3S. The number of nitrogens with zero attached hydrogens (tertiary/aromatic N) is 3. The van der Waals surface area contributed by atoms with Gasteiger partial charge in [0.1, 0.15) is 5.82 Å². The zero-order chi connectivity index (χ0) is 19.4. The Kier molecular flexibility index (Phi) is 6.26. The lowest BCUT2D eigenvalue weighted by Gasteiger charge is -2.14. The number of rotatable bonds is 9. The number of carbonyl (C=O) groups is 1. The maximum Gasteiger partial charge on any atom is 0.233 e. The zero-order valence-electron chi connectivity index (χ0n) is 16.2. The lowest BCUT2D eigenvalue weighted by molar-refractivity contribution is -0.120. The Labute approximate surface area is 163 Å². The van der Waals surface area contributed by atoms with Gasteiger partial charge in [0.05, 0.1) is 19.5 Å². The molecule has 1 atom stereocenters. The zero-order valence-corrected chi connectivity index (χ0v) is 17.0. The highest BCUT2D eigenvalue weighted by atomic mass is 32.2. The van der Waals surface area contributed by atoms with Crippen LogP contribution in [-0.2, 0) is 17.9 Å². The van der Waals surface area contributed by atoms with Crippen molar-refractivity contribution in [2.75, 3.05) is 14.2 Å². The van der Waals surface area contributed by atoms with Gasteiger partial charge in [-0.05, 0) is 44.4 Å². The van der Waals surface area contributed by atoms with Gasteiger partial charge in [0.25, 0.3) is 0 Å². The van der Waals surface area contributed by atoms with Crippen molar-refractivity contribution < 1.29 is 14.3 Å². The highest BCUT2D eigenvalue weighted by Crippen LogP contribution is 2.40. The van der Waals surface area contributed by atoms with E-state index in [0.717, 1.165) is 23.1 Å². The fraction of sp³-hybridized carbons (Fsp3) is 0.526. The number of nitrogens with one attached hydrogen (secondary N) is 1. The molecule has 8 heteroatoms. The average Bonchev–Trinajstić information content (AvgIpc) is 3.46. The minimum atomic E-state index is -0.258. The van der Waals surface area contributed by atoms with Crippen LogP contribution in [0.5, 0.6) is 11.5 Å². The molecule has 0 radical (unpaired) electrons. The molecule has 0 saturated heterocycles. The average molecular weight is 391 g/mol. The Morgan fingerprint density at radius 2 is 2.04 bits per heavy atom. The molecule has 1 saturated carbocycles. The third-order valence-corrected chi connectivity index (χ3v) is 5.65. The van der Waals surface area contributed by atoms with Gasteiger partial charge in [0.2, 0.25) is 5.91 Å². The molecule has 1 N–H and O–H groups in total. The molecule has 0 bridgehead atoms. The van der Waals surface area contributed by atoms with Crippen LogP contribution < -0.4 is 14.8 Å². The van der Waals surface area contributed by atoms with E-state index >= 15 is 0 Å². The minimum Gasteiger partial charge on any atom is -0.493 e. The van der Waals surface area contributed by atoms with Crippen molar-refractivity contribution in [2.24, 2.45) is 0 Å². The van der Waals surface area contributed by atoms with Gasteiger partial charge >= 0.3 is 0 Å². The molecule has 1 aromatic heterocycles. The third-order valence-electron chi connectivity index (χ3n) is 4.57. The van der Waals surface area contributed by atoms with Gasteiger partial charge < -0.3 is 19.4 Å². The molecule has 0 aliphatic heterocycles. The maximum absolute atomic E-state index is 12.5. The lowest BCUT2D eigenvalue weighted by atomic mass is 10.2. The van der Waals surface area contributed by atoms with Crippen LogP contribution in [0.4, 0.5) is 0 Å². The van der Waals surface area contributed by atoms with E-state index in [2.05, 4.69) is 27.0 Å². The van der Waals surface area contributed by atoms with Crippen molar-refractivity contribution in [2.45, 2.75) is 56.1 Å². The number of aromatic nitrogens is 3. The first kappa shape index (κ1) is 19.5. The second-order valence-corrected chi connectivity index (χ2v) is 7.83. The van der Waals surface area contributed by atoms with Gasteiger partial charge in [-0.2, -0.15) is 0 Å². The first-order valence-corrected chi connectivity index (χ1v) is 10.0. The molecule has 1 aliphatic carbocycles. The van der Waals surface area contributed by atoms with Crippen molar-refractivity contribution in [3.8, 4) is 11.5 Å². The van der Waals surface area contributed by atoms with Crippen molar-refractivity contribution >= 4 is 17.7 Å². The lowest BCUT2D eigenvalue weighted by Crippen LogP contribution is -2.30. The van der Waals surface area contributed by atoms with Gasteiger partial charge in [0.15, 0.2) is 16.7 Å². The Morgan fingerprint density at radius 3 is 2.67 bits per heavy atom. The van der Waals surface area contributed by atoms with E-state index in [0.29, 0.717) is 24.0 Å². The molecule has 7 nitrogen and oxygen atoms in total. The quantitative estimate of drug-likeness (QED) is 0.663. The van der Waals surface area contributed by atoms with Crippen LogP contribution in [-0.4, -0.2) is 40.1 Å². The number of amides is 1. The van der Waals surface area contributed by atoms with Crippen molar-refractivity contribution in [1.29, 1.82) is 0 Å². The molecule has 1 fully saturated rings. The summed E-state index contributed by atoms with van der Waals surface area (Å²) in [6.45, 7) is 5.22. The third kappa shape index (κ3) is 4.55. The standard InChI is InChI=1S/C19H26N4O3S/c1-5-23-17(14-7-8-14)21-22-19(23)27-12(2)18(24)20-11-13-6-9-15(25-3)16(10-13)26-4/h6,9-10,12,14H,5,7-8,11H2,1-4H3,(H,20,24). The summed E-state index contributed by atoms with van der Waals surface area (Å²) in [5, 5.41) is 12.2. The second kappa shape index (κ2) is 8.65. The number of hydrogen-bond donors (Lipinski definition) is 1. The summed E-state index contributed by atoms with van der Waals surface area (Å²) in [6.07, 6.45) is 2.37. The molecule has 1 heterocycles. The fourth-order valence-corrected chi connectivity index (χ4v) is 3.81. The fourth-order valence-electron chi connectivity index (χ4n) is 2.86. The molecule has 146 valence electrons. The summed E-state index contributed by atoms with van der Waals surface area (Å²) < 4.78 is 12.7. The van der Waals surface area contributed by atoms with Gasteiger partial charge in [-0.3, -0.25) is 4.79 Å². The highest BCUT2D eigenvalue weighted by molar-refractivity contribution is 8.00. The molecule has 1 amide bonds. The van der Waals surface area contributed by atoms with E-state index in [1.165, 1.54) is 24.6 Å². The van der Waals surface area contributed by atoms with E-state index in [1.54, 1.807) is 14.2 Å². The predicted octanol–water partition coefficient (Wildman–Crippen LogP) is 2.99. The Bertz CT molecular complexity index is 804. The molecule has 1 unspecified atom stereocenters. The van der Waals surface area contributed by atoms with Crippen molar-refractivity contribution in [1.82, 2.24) is 20.1 Å². The summed E-state index contributed by atoms with van der Waals surface area (Å²) in [5.74, 6) is 2.88. The summed E-state index contributed by atoms with van der Waals surface area (Å²) in [7, 11) is 3.20. The maximum atomic E-state index is 12.5. The smallest absolute Gasteiger partial charge is 0.233 e. The van der Waals surface area contributed by atoms with Crippen LogP contribution in [0.25, 0.3) is 0 Å². The van der Waals surface area contributed by atoms with Gasteiger partial charge in [0, 0.05) is 19.0 Å². The van der Waals surface area contributed by atoms with Gasteiger partial charge in [-0.25, -0.2) is 0 Å². The summed E-state index contributed by atoms with van der Waals surface area (Å²) in [5.41, 5.74) is 0.950. The number of methoxy groups -OCH3 is 2. The van der Waals surface area contributed by atoms with Gasteiger partial charge in [-0.15, -0.1) is 10.2 Å². The predicted molar refractivity (Wildman–Crippen MR) is 104 cm³/mol. The van der Waals surface area contributed by atoms with Crippen molar-refractivity contribution in [3.63, 3.8) is 0 Å². The molecule has 0 spiro atoms. The van der Waals surface area contributed by atoms with Crippen LogP contribution in [0, 0.1) is 0 Å². The topological polar surface area (TPSA) is 78.3 Å².